The first-order chi connectivity index (χ1) is 9.19. The Kier molecular flexibility index (Phi) is 2.71. The van der Waals surface area contributed by atoms with Crippen LogP contribution < -0.4 is 0 Å². The Morgan fingerprint density at radius 1 is 1.00 bits per heavy atom. The predicted molar refractivity (Wildman–Crippen MR) is 70.1 cm³/mol. The van der Waals surface area contributed by atoms with Crippen LogP contribution in [0.3, 0.4) is 0 Å². The molecule has 0 heterocycles. The van der Waals surface area contributed by atoms with Gasteiger partial charge in [0.25, 0.3) is 0 Å². The molecule has 0 saturated carbocycles. The van der Waals surface area contributed by atoms with Crippen LogP contribution in [0.4, 0.5) is 4.39 Å². The van der Waals surface area contributed by atoms with Gasteiger partial charge in [-0.1, -0.05) is 23.4 Å². The van der Waals surface area contributed by atoms with Crippen molar-refractivity contribution in [3.63, 3.8) is 0 Å². The van der Waals surface area contributed by atoms with Gasteiger partial charge in [-0.15, -0.1) is 0 Å². The monoisotopic (exact) mass is 257 g/mol. The lowest BCUT2D eigenvalue weighted by Gasteiger charge is -2.06. The normalized spacial score (nSPS) is 15.7. The van der Waals surface area contributed by atoms with Crippen LogP contribution in [0, 0.1) is 5.82 Å². The number of fused-ring (bicyclic) bond motifs is 1. The van der Waals surface area contributed by atoms with Crippen molar-refractivity contribution in [1.29, 1.82) is 0 Å². The molecule has 3 rings (SSSR count). The van der Waals surface area contributed by atoms with Crippen molar-refractivity contribution >= 4 is 5.71 Å². The summed E-state index contributed by atoms with van der Waals surface area (Å²) in [5.41, 5.74) is 4.23. The topological polar surface area (TPSA) is 52.8 Å². The average Bonchev–Trinajstić information content (AvgIpc) is 2.84. The number of hydrogen-bond acceptors (Lipinski definition) is 3. The molecule has 0 bridgehead atoms. The molecule has 2 aromatic rings. The Balaban J connectivity index is 2.09. The number of aromatic hydroxyl groups is 1. The first kappa shape index (κ1) is 11.7. The molecule has 0 aliphatic heterocycles. The van der Waals surface area contributed by atoms with Gasteiger partial charge in [-0.05, 0) is 47.7 Å². The summed E-state index contributed by atoms with van der Waals surface area (Å²) in [4.78, 5) is 0. The fraction of sp³-hybridized carbons (Fsp3) is 0.133. The summed E-state index contributed by atoms with van der Waals surface area (Å²) in [6, 6.07) is 10.0. The molecule has 1 aliphatic rings. The maximum absolute atomic E-state index is 13.4. The van der Waals surface area contributed by atoms with Crippen molar-refractivity contribution in [2.24, 2.45) is 5.16 Å². The van der Waals surface area contributed by atoms with E-state index in [9.17, 15) is 9.50 Å². The average molecular weight is 257 g/mol. The molecule has 0 radical (unpaired) electrons. The van der Waals surface area contributed by atoms with Gasteiger partial charge in [-0.2, -0.15) is 0 Å². The van der Waals surface area contributed by atoms with Crippen LogP contribution in [0.25, 0.3) is 11.1 Å². The molecule has 0 atom stereocenters. The van der Waals surface area contributed by atoms with Gasteiger partial charge in [0.1, 0.15) is 0 Å². The molecule has 96 valence electrons. The maximum atomic E-state index is 13.4. The van der Waals surface area contributed by atoms with Crippen LogP contribution >= 0.6 is 0 Å². The molecular weight excluding hydrogens is 245 g/mol. The lowest BCUT2D eigenvalue weighted by atomic mass is 10.00. The number of oxime groups is 1. The summed E-state index contributed by atoms with van der Waals surface area (Å²) in [6.45, 7) is 0. The minimum Gasteiger partial charge on any atom is -0.505 e. The van der Waals surface area contributed by atoms with E-state index < -0.39 is 5.82 Å². The molecule has 0 unspecified atom stereocenters. The van der Waals surface area contributed by atoms with E-state index in [4.69, 9.17) is 5.21 Å². The standard InChI is InChI=1S/C15H12FNO2/c16-13-8-11(4-6-15(13)18)10-2-1-9-3-5-14(17-19)12(9)7-10/h1-2,4,6-8,18-19H,3,5H2/b17-14+. The highest BCUT2D eigenvalue weighted by Gasteiger charge is 2.18. The smallest absolute Gasteiger partial charge is 0.165 e. The first-order valence-corrected chi connectivity index (χ1v) is 6.02. The number of nitrogens with zero attached hydrogens (tertiary/aromatic N) is 1. The Hall–Kier alpha value is -2.36. The van der Waals surface area contributed by atoms with Crippen molar-refractivity contribution in [3.05, 3.63) is 53.3 Å². The van der Waals surface area contributed by atoms with Crippen LogP contribution in [0.1, 0.15) is 17.5 Å². The van der Waals surface area contributed by atoms with Crippen molar-refractivity contribution in [2.45, 2.75) is 12.8 Å². The first-order valence-electron chi connectivity index (χ1n) is 6.02. The van der Waals surface area contributed by atoms with Crippen molar-refractivity contribution in [1.82, 2.24) is 0 Å². The van der Waals surface area contributed by atoms with E-state index in [1.54, 1.807) is 6.07 Å². The van der Waals surface area contributed by atoms with Crippen LogP contribution in [-0.2, 0) is 6.42 Å². The number of aryl methyl sites for hydroxylation is 1. The van der Waals surface area contributed by atoms with E-state index in [1.165, 1.54) is 12.1 Å². The van der Waals surface area contributed by atoms with Crippen molar-refractivity contribution < 1.29 is 14.7 Å². The molecule has 19 heavy (non-hydrogen) atoms. The highest BCUT2D eigenvalue weighted by molar-refractivity contribution is 6.05. The zero-order chi connectivity index (χ0) is 13.4. The summed E-state index contributed by atoms with van der Waals surface area (Å²) in [5, 5.41) is 21.4. The summed E-state index contributed by atoms with van der Waals surface area (Å²) in [7, 11) is 0. The van der Waals surface area contributed by atoms with Crippen molar-refractivity contribution in [2.75, 3.05) is 0 Å². The summed E-state index contributed by atoms with van der Waals surface area (Å²) in [6.07, 6.45) is 1.58. The van der Waals surface area contributed by atoms with E-state index in [0.717, 1.165) is 29.5 Å². The van der Waals surface area contributed by atoms with Crippen LogP contribution in [0.15, 0.2) is 41.6 Å². The highest BCUT2D eigenvalue weighted by Crippen LogP contribution is 2.30. The van der Waals surface area contributed by atoms with E-state index in [2.05, 4.69) is 5.16 Å². The van der Waals surface area contributed by atoms with E-state index in [0.29, 0.717) is 11.3 Å². The second kappa shape index (κ2) is 4.39. The Bertz CT molecular complexity index is 680. The van der Waals surface area contributed by atoms with Crippen LogP contribution in [-0.4, -0.2) is 16.0 Å². The Labute approximate surface area is 109 Å². The van der Waals surface area contributed by atoms with Crippen LogP contribution in [0.2, 0.25) is 0 Å². The number of benzene rings is 2. The molecule has 0 aromatic heterocycles. The maximum Gasteiger partial charge on any atom is 0.165 e. The van der Waals surface area contributed by atoms with Gasteiger partial charge < -0.3 is 10.3 Å². The van der Waals surface area contributed by atoms with Gasteiger partial charge in [-0.25, -0.2) is 4.39 Å². The Morgan fingerprint density at radius 2 is 1.74 bits per heavy atom. The van der Waals surface area contributed by atoms with Crippen LogP contribution in [0.5, 0.6) is 5.75 Å². The zero-order valence-corrected chi connectivity index (χ0v) is 10.1. The number of phenols is 1. The number of rotatable bonds is 1. The van der Waals surface area contributed by atoms with Gasteiger partial charge in [0.05, 0.1) is 5.71 Å². The predicted octanol–water partition coefficient (Wildman–Crippen LogP) is 3.32. The van der Waals surface area contributed by atoms with Crippen molar-refractivity contribution in [3.8, 4) is 16.9 Å². The fourth-order valence-electron chi connectivity index (χ4n) is 2.42. The molecule has 3 nitrogen and oxygen atoms in total. The minimum absolute atomic E-state index is 0.359. The lowest BCUT2D eigenvalue weighted by molar-refractivity contribution is 0.318. The van der Waals surface area contributed by atoms with Gasteiger partial charge in [-0.3, -0.25) is 0 Å². The van der Waals surface area contributed by atoms with Gasteiger partial charge >= 0.3 is 0 Å². The second-order valence-corrected chi connectivity index (χ2v) is 4.58. The van der Waals surface area contributed by atoms with E-state index >= 15 is 0 Å². The molecule has 4 heteroatoms. The quantitative estimate of drug-likeness (QED) is 0.608. The third kappa shape index (κ3) is 1.95. The largest absolute Gasteiger partial charge is 0.505 e. The molecular formula is C15H12FNO2. The SMILES string of the molecule is O/N=C1\CCc2ccc(-c3ccc(O)c(F)c3)cc21. The third-order valence-corrected chi connectivity index (χ3v) is 3.45. The summed E-state index contributed by atoms with van der Waals surface area (Å²) >= 11 is 0. The molecule has 2 N–H and O–H groups in total. The lowest BCUT2D eigenvalue weighted by Crippen LogP contribution is -1.94. The number of halogens is 1. The van der Waals surface area contributed by atoms with Gasteiger partial charge in [0, 0.05) is 5.56 Å². The molecule has 0 amide bonds. The molecule has 0 spiro atoms. The highest BCUT2D eigenvalue weighted by atomic mass is 19.1. The zero-order valence-electron chi connectivity index (χ0n) is 10.1. The van der Waals surface area contributed by atoms with Gasteiger partial charge in [0.15, 0.2) is 11.6 Å². The third-order valence-electron chi connectivity index (χ3n) is 3.45. The van der Waals surface area contributed by atoms with Gasteiger partial charge in [0.2, 0.25) is 0 Å². The number of hydrogen-bond donors (Lipinski definition) is 2. The molecule has 0 fully saturated rings. The molecule has 2 aromatic carbocycles. The fourth-order valence-corrected chi connectivity index (χ4v) is 2.42. The van der Waals surface area contributed by atoms with E-state index in [-0.39, 0.29) is 5.75 Å². The molecule has 0 saturated heterocycles. The molecule has 1 aliphatic carbocycles. The minimum atomic E-state index is -0.644. The van der Waals surface area contributed by atoms with E-state index in [1.807, 2.05) is 18.2 Å². The summed E-state index contributed by atoms with van der Waals surface area (Å²) in [5.74, 6) is -1.00. The number of phenolic OH excluding ortho intramolecular Hbond substituents is 1. The summed E-state index contributed by atoms with van der Waals surface area (Å²) < 4.78 is 13.4. The Morgan fingerprint density at radius 3 is 2.47 bits per heavy atom. The second-order valence-electron chi connectivity index (χ2n) is 4.58.